The number of aryl methyl sites for hydroxylation is 2. The highest BCUT2D eigenvalue weighted by Gasteiger charge is 2.26. The van der Waals surface area contributed by atoms with Crippen LogP contribution in [0.2, 0.25) is 0 Å². The number of nitrogens with one attached hydrogen (secondary N) is 1. The van der Waals surface area contributed by atoms with Crippen LogP contribution in [0.25, 0.3) is 17.2 Å². The molecular formula is C42H53N5O5S. The molecule has 2 aliphatic heterocycles. The van der Waals surface area contributed by atoms with Crippen LogP contribution in [-0.4, -0.2) is 90.3 Å². The number of fused-ring (bicyclic) bond motifs is 1. The van der Waals surface area contributed by atoms with Crippen LogP contribution in [0.5, 0.6) is 5.75 Å². The molecule has 10 nitrogen and oxygen atoms in total. The monoisotopic (exact) mass is 739 g/mol. The van der Waals surface area contributed by atoms with Gasteiger partial charge in [0.1, 0.15) is 12.4 Å². The molecule has 11 heteroatoms. The summed E-state index contributed by atoms with van der Waals surface area (Å²) in [4.78, 5) is 23.7. The maximum absolute atomic E-state index is 13.9. The summed E-state index contributed by atoms with van der Waals surface area (Å²) >= 11 is 0. The Kier molecular flexibility index (Phi) is 13.5. The van der Waals surface area contributed by atoms with Crippen molar-refractivity contribution in [3.8, 4) is 16.9 Å². The van der Waals surface area contributed by atoms with Crippen LogP contribution < -0.4 is 15.0 Å². The molecule has 0 spiro atoms. The standard InChI is InChI=1S/C42H53N5O5S/c1-5-7-21-50-23-24-52-38-13-8-32(9-14-38)33-10-17-40-35(25-33)26-34(18-19-47(40)27-37-28-51-22-20-45(37)4)42(48)44-36-11-15-39(16-12-36)53(49)29-41-31(3)43-30-46(41)6-2/h8-17,25-26,30,37H,5-7,18-24,27-29H2,1-4H3,(H,44,48)/t37-,53-/m1/s1. The van der Waals surface area contributed by atoms with E-state index in [-0.39, 0.29) is 11.9 Å². The Morgan fingerprint density at radius 3 is 2.55 bits per heavy atom. The summed E-state index contributed by atoms with van der Waals surface area (Å²) in [6, 6.07) is 22.2. The lowest BCUT2D eigenvalue weighted by Crippen LogP contribution is -2.49. The fraction of sp³-hybridized carbons (Fsp3) is 0.429. The number of morpholine rings is 1. The second kappa shape index (κ2) is 18.6. The number of amides is 1. The topological polar surface area (TPSA) is 98.2 Å². The van der Waals surface area contributed by atoms with Gasteiger partial charge in [-0.1, -0.05) is 31.5 Å². The van der Waals surface area contributed by atoms with Crippen molar-refractivity contribution in [2.75, 3.05) is 69.9 Å². The summed E-state index contributed by atoms with van der Waals surface area (Å²) in [5, 5.41) is 3.11. The average molecular weight is 740 g/mol. The minimum absolute atomic E-state index is 0.141. The van der Waals surface area contributed by atoms with E-state index in [9.17, 15) is 9.00 Å². The van der Waals surface area contributed by atoms with Crippen LogP contribution in [0.4, 0.5) is 11.4 Å². The van der Waals surface area contributed by atoms with Crippen molar-refractivity contribution in [2.45, 2.75) is 63.3 Å². The Labute approximate surface area is 316 Å². The van der Waals surface area contributed by atoms with E-state index in [1.54, 1.807) is 6.33 Å². The minimum atomic E-state index is -1.24. The van der Waals surface area contributed by atoms with Crippen molar-refractivity contribution >= 4 is 34.2 Å². The molecule has 1 saturated heterocycles. The number of ether oxygens (including phenoxy) is 3. The van der Waals surface area contributed by atoms with Gasteiger partial charge in [0.05, 0.1) is 60.1 Å². The summed E-state index contributed by atoms with van der Waals surface area (Å²) in [7, 11) is 0.918. The van der Waals surface area contributed by atoms with Gasteiger partial charge < -0.3 is 29.0 Å². The van der Waals surface area contributed by atoms with Gasteiger partial charge in [-0.2, -0.15) is 0 Å². The number of imidazole rings is 1. The zero-order valence-electron chi connectivity index (χ0n) is 31.5. The molecule has 0 bridgehead atoms. The molecule has 0 aliphatic carbocycles. The number of anilines is 2. The van der Waals surface area contributed by atoms with E-state index in [0.29, 0.717) is 54.7 Å². The average Bonchev–Trinajstić information content (AvgIpc) is 3.42. The molecule has 282 valence electrons. The number of hydrogen-bond acceptors (Lipinski definition) is 8. The van der Waals surface area contributed by atoms with Crippen LogP contribution in [0, 0.1) is 6.92 Å². The molecule has 3 aromatic carbocycles. The minimum Gasteiger partial charge on any atom is -0.491 e. The molecule has 0 radical (unpaired) electrons. The lowest BCUT2D eigenvalue weighted by Gasteiger charge is -2.37. The van der Waals surface area contributed by atoms with Gasteiger partial charge in [-0.3, -0.25) is 13.9 Å². The van der Waals surface area contributed by atoms with E-state index < -0.39 is 10.8 Å². The van der Waals surface area contributed by atoms with Crippen molar-refractivity contribution in [1.29, 1.82) is 0 Å². The van der Waals surface area contributed by atoms with Crippen molar-refractivity contribution in [3.05, 3.63) is 95.6 Å². The third-order valence-corrected chi connectivity index (χ3v) is 11.4. The van der Waals surface area contributed by atoms with Gasteiger partial charge in [0.15, 0.2) is 0 Å². The number of unbranched alkanes of at least 4 members (excludes halogenated alkanes) is 1. The third kappa shape index (κ3) is 10.0. The van der Waals surface area contributed by atoms with Crippen LogP contribution in [0.3, 0.4) is 0 Å². The van der Waals surface area contributed by atoms with Gasteiger partial charge in [0.25, 0.3) is 5.91 Å². The second-order valence-corrected chi connectivity index (χ2v) is 15.2. The Morgan fingerprint density at radius 1 is 1.00 bits per heavy atom. The van der Waals surface area contributed by atoms with Crippen LogP contribution in [0.15, 0.2) is 83.5 Å². The summed E-state index contributed by atoms with van der Waals surface area (Å²) in [5.74, 6) is 1.06. The molecule has 1 amide bonds. The van der Waals surface area contributed by atoms with Crippen molar-refractivity contribution in [1.82, 2.24) is 14.5 Å². The van der Waals surface area contributed by atoms with E-state index in [2.05, 4.69) is 71.3 Å². The van der Waals surface area contributed by atoms with Crippen LogP contribution in [-0.2, 0) is 37.4 Å². The lowest BCUT2D eigenvalue weighted by molar-refractivity contribution is -0.112. The summed E-state index contributed by atoms with van der Waals surface area (Å²) < 4.78 is 32.6. The first kappa shape index (κ1) is 38.4. The molecule has 4 aromatic rings. The van der Waals surface area contributed by atoms with E-state index in [4.69, 9.17) is 14.2 Å². The SMILES string of the molecule is CCCCOCCOc1ccc(-c2ccc3c(c2)C=C(C(=O)Nc2ccc([S@](=O)Cc4c(C)ncn4CC)cc2)CCN3C[C@@H]2COCCN2C)cc1. The van der Waals surface area contributed by atoms with Crippen LogP contribution in [0.1, 0.15) is 50.1 Å². The van der Waals surface area contributed by atoms with E-state index in [1.165, 1.54) is 0 Å². The molecule has 1 fully saturated rings. The molecule has 6 rings (SSSR count). The van der Waals surface area contributed by atoms with Crippen molar-refractivity contribution < 1.29 is 23.2 Å². The molecule has 3 heterocycles. The zero-order valence-corrected chi connectivity index (χ0v) is 32.3. The second-order valence-electron chi connectivity index (χ2n) is 13.7. The first-order valence-electron chi connectivity index (χ1n) is 18.8. The smallest absolute Gasteiger partial charge is 0.251 e. The molecule has 2 aliphatic rings. The highest BCUT2D eigenvalue weighted by molar-refractivity contribution is 7.84. The van der Waals surface area contributed by atoms with E-state index in [0.717, 1.165) is 85.2 Å². The molecule has 0 unspecified atom stereocenters. The molecule has 1 aromatic heterocycles. The van der Waals surface area contributed by atoms with E-state index in [1.807, 2.05) is 54.0 Å². The summed E-state index contributed by atoms with van der Waals surface area (Å²) in [5.41, 5.74) is 7.49. The molecule has 0 saturated carbocycles. The predicted octanol–water partition coefficient (Wildman–Crippen LogP) is 6.94. The molecular weight excluding hydrogens is 687 g/mol. The summed E-state index contributed by atoms with van der Waals surface area (Å²) in [6.45, 7) is 12.6. The number of nitrogens with zero attached hydrogens (tertiary/aromatic N) is 4. The fourth-order valence-corrected chi connectivity index (χ4v) is 7.94. The number of rotatable bonds is 16. The summed E-state index contributed by atoms with van der Waals surface area (Å²) in [6.07, 6.45) is 6.60. The van der Waals surface area contributed by atoms with Gasteiger partial charge in [-0.15, -0.1) is 0 Å². The number of aromatic nitrogens is 2. The fourth-order valence-electron chi connectivity index (χ4n) is 6.71. The normalized spacial score (nSPS) is 16.8. The highest BCUT2D eigenvalue weighted by Crippen LogP contribution is 2.34. The Hall–Kier alpha value is -4.29. The van der Waals surface area contributed by atoms with E-state index >= 15 is 0 Å². The zero-order chi connectivity index (χ0) is 37.2. The van der Waals surface area contributed by atoms with Crippen LogP contribution >= 0.6 is 0 Å². The highest BCUT2D eigenvalue weighted by atomic mass is 32.2. The Bertz CT molecular complexity index is 1870. The number of carbonyl (C=O) groups is 1. The van der Waals surface area contributed by atoms with Crippen molar-refractivity contribution in [2.24, 2.45) is 0 Å². The number of likely N-dealkylation sites (N-methyl/N-ethyl adjacent to an activating group) is 1. The maximum atomic E-state index is 13.9. The molecule has 53 heavy (non-hydrogen) atoms. The molecule has 1 N–H and O–H groups in total. The van der Waals surface area contributed by atoms with Gasteiger partial charge in [-0.05, 0) is 105 Å². The number of benzene rings is 3. The predicted molar refractivity (Wildman–Crippen MR) is 213 cm³/mol. The van der Waals surface area contributed by atoms with Gasteiger partial charge in [-0.25, -0.2) is 4.98 Å². The molecule has 2 atom stereocenters. The Balaban J connectivity index is 1.17. The van der Waals surface area contributed by atoms with Gasteiger partial charge >= 0.3 is 0 Å². The maximum Gasteiger partial charge on any atom is 0.251 e. The first-order chi connectivity index (χ1) is 25.8. The number of carbonyl (C=O) groups excluding carboxylic acids is 1. The van der Waals surface area contributed by atoms with Gasteiger partial charge in [0.2, 0.25) is 0 Å². The quantitative estimate of drug-likeness (QED) is 0.124. The Morgan fingerprint density at radius 2 is 1.79 bits per heavy atom. The number of hydrogen-bond donors (Lipinski definition) is 1. The largest absolute Gasteiger partial charge is 0.491 e. The van der Waals surface area contributed by atoms with Gasteiger partial charge in [0, 0.05) is 54.6 Å². The van der Waals surface area contributed by atoms with Crippen molar-refractivity contribution in [3.63, 3.8) is 0 Å². The lowest BCUT2D eigenvalue weighted by atomic mass is 10.00. The first-order valence-corrected chi connectivity index (χ1v) is 20.1. The third-order valence-electron chi connectivity index (χ3n) is 10.1.